The van der Waals surface area contributed by atoms with Gasteiger partial charge in [0.25, 0.3) is 0 Å². The zero-order valence-corrected chi connectivity index (χ0v) is 21.0. The highest BCUT2D eigenvalue weighted by Crippen LogP contribution is 2.48. The van der Waals surface area contributed by atoms with Crippen LogP contribution in [0, 0.1) is 5.92 Å². The molecule has 1 unspecified atom stereocenters. The van der Waals surface area contributed by atoms with Crippen molar-refractivity contribution in [3.05, 3.63) is 77.4 Å². The smallest absolute Gasteiger partial charge is 0.161 e. The van der Waals surface area contributed by atoms with Crippen molar-refractivity contribution in [1.82, 2.24) is 4.90 Å². The van der Waals surface area contributed by atoms with E-state index in [4.69, 9.17) is 14.2 Å². The lowest BCUT2D eigenvalue weighted by Gasteiger charge is -2.38. The predicted octanol–water partition coefficient (Wildman–Crippen LogP) is 5.89. The fourth-order valence-electron chi connectivity index (χ4n) is 5.04. The lowest BCUT2D eigenvalue weighted by atomic mass is 9.86. The van der Waals surface area contributed by atoms with E-state index in [0.29, 0.717) is 18.1 Å². The van der Waals surface area contributed by atoms with Crippen molar-refractivity contribution in [1.29, 1.82) is 0 Å². The van der Waals surface area contributed by atoms with Crippen molar-refractivity contribution in [2.75, 3.05) is 33.4 Å². The zero-order chi connectivity index (χ0) is 25.2. The van der Waals surface area contributed by atoms with Crippen molar-refractivity contribution in [3.63, 3.8) is 0 Å². The second-order valence-electron chi connectivity index (χ2n) is 9.56. The molecule has 0 spiro atoms. The number of ether oxygens (including phenoxy) is 3. The number of allylic oxidation sites excluding steroid dienone is 1. The molecule has 0 bridgehead atoms. The predicted molar refractivity (Wildman–Crippen MR) is 141 cm³/mol. The van der Waals surface area contributed by atoms with E-state index in [1.54, 1.807) is 24.3 Å². The third-order valence-corrected chi connectivity index (χ3v) is 7.24. The number of benzene rings is 3. The first-order valence-electron chi connectivity index (χ1n) is 12.5. The Bertz CT molecular complexity index is 1260. The molecule has 1 atom stereocenters. The van der Waals surface area contributed by atoms with Crippen LogP contribution in [0.25, 0.3) is 11.1 Å². The molecule has 1 saturated heterocycles. The third kappa shape index (κ3) is 4.73. The molecule has 6 nitrogen and oxygen atoms in total. The molecule has 188 valence electrons. The average molecular weight is 488 g/mol. The number of hydrogen-bond donors (Lipinski definition) is 2. The van der Waals surface area contributed by atoms with Gasteiger partial charge in [0.15, 0.2) is 11.5 Å². The molecule has 3 aromatic rings. The van der Waals surface area contributed by atoms with Gasteiger partial charge >= 0.3 is 0 Å². The fourth-order valence-corrected chi connectivity index (χ4v) is 5.04. The summed E-state index contributed by atoms with van der Waals surface area (Å²) in [7, 11) is 1.53. The number of phenolic OH excluding ortho intramolecular Hbond substituents is 2. The van der Waals surface area contributed by atoms with Crippen molar-refractivity contribution >= 4 is 11.1 Å². The third-order valence-electron chi connectivity index (χ3n) is 7.24. The first-order chi connectivity index (χ1) is 17.5. The maximum Gasteiger partial charge on any atom is 0.161 e. The Morgan fingerprint density at radius 1 is 1.00 bits per heavy atom. The second kappa shape index (κ2) is 10.2. The summed E-state index contributed by atoms with van der Waals surface area (Å²) in [5, 5.41) is 20.2. The molecule has 6 heteroatoms. The molecule has 0 saturated carbocycles. The molecule has 2 heterocycles. The molecule has 1 fully saturated rings. The molecule has 0 aromatic heterocycles. The van der Waals surface area contributed by atoms with Gasteiger partial charge in [0.1, 0.15) is 30.0 Å². The van der Waals surface area contributed by atoms with E-state index in [1.165, 1.54) is 26.6 Å². The molecule has 2 N–H and O–H groups in total. The van der Waals surface area contributed by atoms with Gasteiger partial charge in [-0.3, -0.25) is 4.90 Å². The average Bonchev–Trinajstić information content (AvgIpc) is 2.86. The van der Waals surface area contributed by atoms with Crippen LogP contribution in [0.5, 0.6) is 28.7 Å². The number of phenols is 2. The maximum atomic E-state index is 10.1. The Hall–Kier alpha value is -3.64. The van der Waals surface area contributed by atoms with E-state index in [1.807, 2.05) is 43.3 Å². The zero-order valence-electron chi connectivity index (χ0n) is 21.0. The van der Waals surface area contributed by atoms with Crippen LogP contribution in [0.15, 0.2) is 60.7 Å². The van der Waals surface area contributed by atoms with Gasteiger partial charge in [0.05, 0.1) is 7.11 Å². The monoisotopic (exact) mass is 487 g/mol. The summed E-state index contributed by atoms with van der Waals surface area (Å²) in [6, 6.07) is 18.5. The molecular formula is C30H33NO5. The summed E-state index contributed by atoms with van der Waals surface area (Å²) < 4.78 is 17.9. The van der Waals surface area contributed by atoms with Gasteiger partial charge in [-0.25, -0.2) is 0 Å². The molecule has 2 aliphatic heterocycles. The lowest BCUT2D eigenvalue weighted by molar-refractivity contribution is 0.0806. The quantitative estimate of drug-likeness (QED) is 0.413. The summed E-state index contributed by atoms with van der Waals surface area (Å²) in [6.07, 6.45) is 0.873. The Morgan fingerprint density at radius 2 is 1.78 bits per heavy atom. The highest BCUT2D eigenvalue weighted by atomic mass is 16.5. The summed E-state index contributed by atoms with van der Waals surface area (Å²) >= 11 is 0. The van der Waals surface area contributed by atoms with Crippen LogP contribution in [0.1, 0.15) is 43.1 Å². The number of methoxy groups -OCH3 is 1. The number of hydrogen-bond acceptors (Lipinski definition) is 6. The summed E-state index contributed by atoms with van der Waals surface area (Å²) in [6.45, 7) is 8.24. The highest BCUT2D eigenvalue weighted by molar-refractivity contribution is 5.96. The van der Waals surface area contributed by atoms with Crippen LogP contribution in [-0.2, 0) is 0 Å². The van der Waals surface area contributed by atoms with Crippen molar-refractivity contribution < 1.29 is 24.4 Å². The first kappa shape index (κ1) is 24.1. The Kier molecular flexibility index (Phi) is 6.79. The van der Waals surface area contributed by atoms with Gasteiger partial charge in [-0.2, -0.15) is 0 Å². The minimum absolute atomic E-state index is 0.0794. The van der Waals surface area contributed by atoms with E-state index < -0.39 is 0 Å². The molecule has 2 aliphatic rings. The summed E-state index contributed by atoms with van der Waals surface area (Å²) in [4.78, 5) is 2.43. The molecule has 0 aliphatic carbocycles. The second-order valence-corrected chi connectivity index (χ2v) is 9.56. The molecule has 0 radical (unpaired) electrons. The molecule has 0 amide bonds. The Morgan fingerprint density at radius 3 is 2.50 bits per heavy atom. The number of aromatic hydroxyl groups is 2. The fraction of sp³-hybridized carbons (Fsp3) is 0.333. The minimum atomic E-state index is -0.377. The molecule has 36 heavy (non-hydrogen) atoms. The molecule has 5 rings (SSSR count). The van der Waals surface area contributed by atoms with Crippen molar-refractivity contribution in [2.24, 2.45) is 5.92 Å². The molecular weight excluding hydrogens is 454 g/mol. The minimum Gasteiger partial charge on any atom is -0.508 e. The molecule has 3 aromatic carbocycles. The highest BCUT2D eigenvalue weighted by Gasteiger charge is 2.30. The first-order valence-corrected chi connectivity index (χ1v) is 12.5. The van der Waals surface area contributed by atoms with Gasteiger partial charge in [-0.05, 0) is 72.0 Å². The standard InChI is InChI=1S/C30H33NO5/c1-4-20-17-31(18-20)13-14-35-24-9-5-21(6-10-24)30-29(22-7-11-26(33)28(15-22)34-3)19(2)25-16-23(32)8-12-27(25)36-30/h5-12,15-16,20,30,32-33H,4,13-14,17-18H2,1-3H3. The van der Waals surface area contributed by atoms with E-state index >= 15 is 0 Å². The summed E-state index contributed by atoms with van der Waals surface area (Å²) in [5.74, 6) is 3.04. The van der Waals surface area contributed by atoms with Crippen LogP contribution in [0.4, 0.5) is 0 Å². The van der Waals surface area contributed by atoms with E-state index in [2.05, 4.69) is 11.8 Å². The van der Waals surface area contributed by atoms with Crippen LogP contribution >= 0.6 is 0 Å². The summed E-state index contributed by atoms with van der Waals surface area (Å²) in [5.41, 5.74) is 4.63. The SMILES string of the molecule is CCC1CN(CCOc2ccc(C3Oc4ccc(O)cc4C(C)=C3c3ccc(O)c(OC)c3)cc2)C1. The van der Waals surface area contributed by atoms with Crippen molar-refractivity contribution in [3.8, 4) is 28.7 Å². The van der Waals surface area contributed by atoms with Crippen LogP contribution in [0.2, 0.25) is 0 Å². The topological polar surface area (TPSA) is 71.4 Å². The van der Waals surface area contributed by atoms with Gasteiger partial charge in [0.2, 0.25) is 0 Å². The van der Waals surface area contributed by atoms with Gasteiger partial charge in [-0.1, -0.05) is 31.5 Å². The van der Waals surface area contributed by atoms with E-state index in [-0.39, 0.29) is 17.6 Å². The van der Waals surface area contributed by atoms with Crippen LogP contribution in [-0.4, -0.2) is 48.5 Å². The van der Waals surface area contributed by atoms with Gasteiger partial charge in [0, 0.05) is 30.8 Å². The van der Waals surface area contributed by atoms with Crippen molar-refractivity contribution in [2.45, 2.75) is 26.4 Å². The van der Waals surface area contributed by atoms with E-state index in [9.17, 15) is 10.2 Å². The van der Waals surface area contributed by atoms with Gasteiger partial charge < -0.3 is 24.4 Å². The number of rotatable bonds is 8. The normalized spacial score (nSPS) is 17.8. The maximum absolute atomic E-state index is 10.1. The lowest BCUT2D eigenvalue weighted by Crippen LogP contribution is -2.47. The van der Waals surface area contributed by atoms with Crippen LogP contribution in [0.3, 0.4) is 0 Å². The van der Waals surface area contributed by atoms with Gasteiger partial charge in [-0.15, -0.1) is 0 Å². The Labute approximate surface area is 212 Å². The number of likely N-dealkylation sites (tertiary alicyclic amines) is 1. The Balaban J connectivity index is 1.41. The number of fused-ring (bicyclic) bond motifs is 1. The van der Waals surface area contributed by atoms with E-state index in [0.717, 1.165) is 46.0 Å². The van der Waals surface area contributed by atoms with Crippen LogP contribution < -0.4 is 14.2 Å². The number of nitrogens with zero attached hydrogens (tertiary/aromatic N) is 1. The largest absolute Gasteiger partial charge is 0.508 e.